The highest BCUT2D eigenvalue weighted by Crippen LogP contribution is 2.55. The van der Waals surface area contributed by atoms with E-state index in [4.69, 9.17) is 0 Å². The van der Waals surface area contributed by atoms with E-state index in [1.54, 1.807) is 0 Å². The van der Waals surface area contributed by atoms with Crippen molar-refractivity contribution in [1.82, 2.24) is 9.13 Å². The first-order valence-electron chi connectivity index (χ1n) is 35.8. The Morgan fingerprint density at radius 2 is 0.515 bits per heavy atom. The van der Waals surface area contributed by atoms with Crippen molar-refractivity contribution in [1.29, 1.82) is 0 Å². The fourth-order valence-electron chi connectivity index (χ4n) is 18.1. The second-order valence-electron chi connectivity index (χ2n) is 27.9. The van der Waals surface area contributed by atoms with Crippen LogP contribution in [-0.4, -0.2) is 22.8 Å². The van der Waals surface area contributed by atoms with Crippen molar-refractivity contribution in [2.24, 2.45) is 0 Å². The normalized spacial score (nSPS) is 12.6. The zero-order valence-electron chi connectivity index (χ0n) is 56.1. The lowest BCUT2D eigenvalue weighted by atomic mass is 9.32. The molecule has 2 aromatic heterocycles. The number of fused-ring (bicyclic) bond motifs is 14. The second-order valence-corrected chi connectivity index (χ2v) is 27.9. The third-order valence-electron chi connectivity index (χ3n) is 22.3. The molecule has 0 atom stereocenters. The molecule has 0 unspecified atom stereocenters. The maximum Gasteiger partial charge on any atom is 0.316 e. The van der Waals surface area contributed by atoms with Gasteiger partial charge in [0.05, 0.1) is 22.1 Å². The van der Waals surface area contributed by atoms with Crippen LogP contribution in [0.2, 0.25) is 0 Å². The molecule has 5 nitrogen and oxygen atoms in total. The molecule has 0 spiro atoms. The molecule has 22 rings (SSSR count). The minimum absolute atomic E-state index is 0.237. The molecule has 0 bridgehead atoms. The van der Waals surface area contributed by atoms with Crippen LogP contribution in [0.1, 0.15) is 0 Å². The van der Waals surface area contributed by atoms with Crippen LogP contribution in [0.5, 0.6) is 0 Å². The number of aromatic nitrogens is 2. The lowest BCUT2D eigenvalue weighted by molar-refractivity contribution is 1.17. The number of anilines is 7. The first-order chi connectivity index (χ1) is 51.1. The second kappa shape index (κ2) is 22.6. The molecule has 0 N–H and O–H groups in total. The minimum Gasteiger partial charge on any atom is -0.444 e. The standard InChI is InChI=1S/C96H61B2N5/c1-8-28-62(29-9-1)67-50-68(63-30-10-2-11-31-63)53-74(52-67)99(72-38-18-6-19-39-72)76-58-82-84-56-71(66-36-16-5-17-37-66)57-85-83-59-77(100(73-40-20-7-21-41-73)75-54-69(64-32-12-3-13-33-64)51-70(55-75)65-34-14-4-15-35-65)61-91-93(83)98(87-47-27-45-81-79-43-23-25-49-89(79)102(91)96(81)87)103(94(84)85)97-86-46-26-44-80-78-42-22-24-48-88(78)101(95(80)86)90(60-76)92(82)97/h1-61H. The third-order valence-corrected chi connectivity index (χ3v) is 22.3. The van der Waals surface area contributed by atoms with Gasteiger partial charge >= 0.3 is 13.7 Å². The van der Waals surface area contributed by atoms with Gasteiger partial charge in [0.2, 0.25) is 0 Å². The lowest BCUT2D eigenvalue weighted by Crippen LogP contribution is -2.74. The molecule has 16 aromatic carbocycles. The Labute approximate surface area is 598 Å². The van der Waals surface area contributed by atoms with Gasteiger partial charge in [-0.15, -0.1) is 0 Å². The smallest absolute Gasteiger partial charge is 0.316 e. The Morgan fingerprint density at radius 3 is 0.874 bits per heavy atom. The van der Waals surface area contributed by atoms with Crippen LogP contribution in [0.15, 0.2) is 370 Å². The summed E-state index contributed by atoms with van der Waals surface area (Å²) in [4.78, 5) is 5.05. The van der Waals surface area contributed by atoms with E-state index in [1.165, 1.54) is 105 Å². The van der Waals surface area contributed by atoms with Crippen LogP contribution in [-0.2, 0) is 0 Å². The largest absolute Gasteiger partial charge is 0.444 e. The van der Waals surface area contributed by atoms with E-state index in [9.17, 15) is 0 Å². The van der Waals surface area contributed by atoms with Crippen LogP contribution in [0.25, 0.3) is 133 Å². The Bertz CT molecular complexity index is 6010. The number of rotatable bonds is 11. The number of para-hydroxylation sites is 6. The van der Waals surface area contributed by atoms with E-state index in [1.807, 2.05) is 0 Å². The average Bonchev–Trinajstić information content (AvgIpc) is 1.61. The molecule has 103 heavy (non-hydrogen) atoms. The first-order valence-corrected chi connectivity index (χ1v) is 35.8. The molecule has 0 radical (unpaired) electrons. The Morgan fingerprint density at radius 1 is 0.214 bits per heavy atom. The van der Waals surface area contributed by atoms with E-state index in [0.29, 0.717) is 0 Å². The fourth-order valence-corrected chi connectivity index (χ4v) is 18.1. The van der Waals surface area contributed by atoms with Crippen molar-refractivity contribution in [3.63, 3.8) is 0 Å². The van der Waals surface area contributed by atoms with Crippen LogP contribution in [0.4, 0.5) is 39.8 Å². The number of hydrogen-bond acceptors (Lipinski definition) is 3. The topological polar surface area (TPSA) is 19.6 Å². The van der Waals surface area contributed by atoms with E-state index in [2.05, 4.69) is 394 Å². The van der Waals surface area contributed by atoms with Gasteiger partial charge in [-0.3, -0.25) is 0 Å². The van der Waals surface area contributed by atoms with Gasteiger partial charge in [-0.1, -0.05) is 261 Å². The molecule has 0 aliphatic carbocycles. The molecule has 0 fully saturated rings. The van der Waals surface area contributed by atoms with E-state index < -0.39 is 0 Å². The van der Waals surface area contributed by atoms with Crippen molar-refractivity contribution in [3.05, 3.63) is 370 Å². The minimum atomic E-state index is -0.237. The highest BCUT2D eigenvalue weighted by Gasteiger charge is 2.53. The summed E-state index contributed by atoms with van der Waals surface area (Å²) in [5.41, 5.74) is 36.5. The van der Waals surface area contributed by atoms with Crippen LogP contribution in [0, 0.1) is 0 Å². The molecule has 4 aliphatic rings. The zero-order valence-corrected chi connectivity index (χ0v) is 56.1. The van der Waals surface area contributed by atoms with Gasteiger partial charge < -0.3 is 23.7 Å². The summed E-state index contributed by atoms with van der Waals surface area (Å²) < 4.78 is 8.18. The molecule has 0 amide bonds. The number of hydrogen-bond donors (Lipinski definition) is 0. The van der Waals surface area contributed by atoms with Gasteiger partial charge in [0.15, 0.2) is 0 Å². The van der Waals surface area contributed by atoms with Crippen molar-refractivity contribution < 1.29 is 0 Å². The maximum absolute atomic E-state index is 2.91. The quantitative estimate of drug-likeness (QED) is 0.120. The van der Waals surface area contributed by atoms with Crippen molar-refractivity contribution in [2.45, 2.75) is 0 Å². The molecule has 4 aliphatic heterocycles. The van der Waals surface area contributed by atoms with Gasteiger partial charge in [0.25, 0.3) is 0 Å². The fraction of sp³-hybridized carbons (Fsp3) is 0. The predicted molar refractivity (Wildman–Crippen MR) is 435 cm³/mol. The van der Waals surface area contributed by atoms with Gasteiger partial charge in [0, 0.05) is 83.9 Å². The number of nitrogens with zero attached hydrogens (tertiary/aromatic N) is 5. The molecule has 7 heteroatoms. The molecule has 18 aromatic rings. The molecule has 6 heterocycles. The summed E-state index contributed by atoms with van der Waals surface area (Å²) in [6.45, 7) is -0.473. The lowest BCUT2D eigenvalue weighted by Gasteiger charge is -2.51. The summed E-state index contributed by atoms with van der Waals surface area (Å²) >= 11 is 0. The third kappa shape index (κ3) is 8.70. The highest BCUT2D eigenvalue weighted by atomic mass is 15.2. The molecule has 0 saturated carbocycles. The van der Waals surface area contributed by atoms with Crippen molar-refractivity contribution >= 4 is 119 Å². The average molecular weight is 1310 g/mol. The molecular weight excluding hydrogens is 1240 g/mol. The number of benzene rings is 16. The van der Waals surface area contributed by atoms with E-state index in [0.717, 1.165) is 89.8 Å². The predicted octanol–water partition coefficient (Wildman–Crippen LogP) is 22.2. The first kappa shape index (κ1) is 57.5. The highest BCUT2D eigenvalue weighted by molar-refractivity contribution is 7.09. The SMILES string of the molecule is c1ccc(-c2cc(-c3ccccc3)cc(N(c3ccccc3)c3cc4c5c(c3)-n3c6ccccc6c6cccc(c63)B5N3B5c6c(cc(N(c7ccccc7)c7cc(-c8ccccc8)cc(-c8ccccc8)c7)cc6-n6c7ccccc7c7cccc5c76)-c5cc(-c6ccccc6)cc-4c53)c2)cc1. The van der Waals surface area contributed by atoms with Crippen LogP contribution < -0.4 is 36.4 Å². The Balaban J connectivity index is 0.884. The zero-order chi connectivity index (χ0) is 67.4. The maximum atomic E-state index is 2.91. The summed E-state index contributed by atoms with van der Waals surface area (Å²) in [6, 6.07) is 139. The van der Waals surface area contributed by atoms with Crippen LogP contribution >= 0.6 is 0 Å². The van der Waals surface area contributed by atoms with E-state index in [-0.39, 0.29) is 13.7 Å². The van der Waals surface area contributed by atoms with Gasteiger partial charge in [-0.2, -0.15) is 0 Å². The van der Waals surface area contributed by atoms with Gasteiger partial charge in [-0.25, -0.2) is 0 Å². The summed E-state index contributed by atoms with van der Waals surface area (Å²) in [7, 11) is 0. The van der Waals surface area contributed by atoms with Gasteiger partial charge in [-0.05, 0) is 198 Å². The van der Waals surface area contributed by atoms with E-state index >= 15 is 0 Å². The molecular formula is C96H61B2N5. The Hall–Kier alpha value is -13.4. The van der Waals surface area contributed by atoms with Gasteiger partial charge in [0.1, 0.15) is 0 Å². The van der Waals surface area contributed by atoms with Crippen LogP contribution in [0.3, 0.4) is 0 Å². The summed E-state index contributed by atoms with van der Waals surface area (Å²) in [5, 5.41) is 4.98. The molecule has 476 valence electrons. The molecule has 0 saturated heterocycles. The van der Waals surface area contributed by atoms with Crippen molar-refractivity contribution in [3.8, 4) is 89.3 Å². The summed E-state index contributed by atoms with van der Waals surface area (Å²) in [5.74, 6) is 0. The monoisotopic (exact) mass is 1310 g/mol. The Kier molecular flexibility index (Phi) is 12.6. The summed E-state index contributed by atoms with van der Waals surface area (Å²) in [6.07, 6.45) is 0. The van der Waals surface area contributed by atoms with Crippen molar-refractivity contribution in [2.75, 3.05) is 14.5 Å².